The van der Waals surface area contributed by atoms with Gasteiger partial charge < -0.3 is 48.5 Å². The van der Waals surface area contributed by atoms with Crippen molar-refractivity contribution in [1.29, 1.82) is 0 Å². The third-order valence-electron chi connectivity index (χ3n) is 10.9. The van der Waals surface area contributed by atoms with E-state index in [1.165, 1.54) is 33.9 Å². The topological polar surface area (TPSA) is 286 Å². The zero-order chi connectivity index (χ0) is 47.7. The van der Waals surface area contributed by atoms with Gasteiger partial charge >= 0.3 is 6.09 Å². The number of hydrogen-bond acceptors (Lipinski definition) is 15. The van der Waals surface area contributed by atoms with Crippen LogP contribution in [0.25, 0.3) is 11.4 Å². The summed E-state index contributed by atoms with van der Waals surface area (Å²) in [5.74, 6) is -1.52. The Morgan fingerprint density at radius 3 is 1.58 bits per heavy atom. The average molecular weight is 921 g/mol. The summed E-state index contributed by atoms with van der Waals surface area (Å²) in [6.45, 7) is 5.42. The average Bonchev–Trinajstić information content (AvgIpc) is 4.01. The number of halogens is 2. The van der Waals surface area contributed by atoms with Crippen molar-refractivity contribution in [2.75, 3.05) is 21.3 Å². The zero-order valence-corrected chi connectivity index (χ0v) is 37.2. The fraction of sp³-hybridized carbons (Fsp3) is 0.356. The van der Waals surface area contributed by atoms with E-state index < -0.39 is 35.1 Å². The van der Waals surface area contributed by atoms with Crippen LogP contribution in [0, 0.1) is 11.6 Å². The standard InChI is InChI=1S/C25H31FN8O3.C20H23FN8O/c1-25(2,3)37-24(36)32-19-8-5-4-7-18(19)31-23-28-14-16(21(27)35)22(33-23)30-15-9-10-20(17(26)13-15)34-12-6-11-29-34;21-14-10-12(6-7-17(14)29-9-3-8-25-29)26-19-13(18(23)30)11-24-20(28-19)27-16-5-2-1-4-15(16)22/h6,9-14,18-19H,4-5,7-8H2,1-3H3,(H2,27,35)(H,32,36)(H2,28,30,31,33);3,6-11,15-16H,1-2,4-5,22H2,(H2,23,30)(H2,24,26,27,28)/t18-,19+;15-,16+/m10/s1. The number of carbonyl (C=O) groups excluding carboxylic acids is 3. The highest BCUT2D eigenvalue weighted by Gasteiger charge is 2.30. The van der Waals surface area contributed by atoms with Gasteiger partial charge in [-0.3, -0.25) is 9.59 Å². The van der Waals surface area contributed by atoms with Crippen molar-refractivity contribution < 1.29 is 27.9 Å². The molecule has 2 saturated carbocycles. The first-order valence-corrected chi connectivity index (χ1v) is 21.8. The first kappa shape index (κ1) is 47.2. The van der Waals surface area contributed by atoms with Crippen LogP contribution in [-0.4, -0.2) is 87.2 Å². The van der Waals surface area contributed by atoms with Gasteiger partial charge in [0.15, 0.2) is 11.6 Å². The Hall–Kier alpha value is -7.75. The van der Waals surface area contributed by atoms with E-state index in [9.17, 15) is 23.2 Å². The Kier molecular flexibility index (Phi) is 14.8. The SMILES string of the molecule is CC(C)(C)OC(=O)N[C@H]1CCCC[C@H]1Nc1ncc(C(N)=O)c(Nc2ccc(-n3cccn3)c(F)c2)n1.NC(=O)c1cnc(N[C@@H]2CCCC[C@@H]2N)nc1Nc1ccc(-n2cccn2)c(F)c1. The molecule has 3 amide bonds. The normalized spacial score (nSPS) is 18.1. The van der Waals surface area contributed by atoms with Crippen molar-refractivity contribution in [2.45, 2.75) is 102 Å². The number of aromatic nitrogens is 8. The Balaban J connectivity index is 0.000000203. The Bertz CT molecular complexity index is 2660. The summed E-state index contributed by atoms with van der Waals surface area (Å²) in [4.78, 5) is 53.4. The van der Waals surface area contributed by atoms with Gasteiger partial charge in [0.25, 0.3) is 11.8 Å². The van der Waals surface area contributed by atoms with Crippen molar-refractivity contribution in [2.24, 2.45) is 17.2 Å². The van der Waals surface area contributed by atoms with Crippen LogP contribution in [0.5, 0.6) is 0 Å². The van der Waals surface area contributed by atoms with Crippen LogP contribution < -0.4 is 43.8 Å². The molecule has 2 fully saturated rings. The lowest BCUT2D eigenvalue weighted by Gasteiger charge is -2.33. The van der Waals surface area contributed by atoms with Gasteiger partial charge in [-0.2, -0.15) is 20.2 Å². The lowest BCUT2D eigenvalue weighted by atomic mass is 9.90. The summed E-state index contributed by atoms with van der Waals surface area (Å²) in [6, 6.07) is 12.1. The summed E-state index contributed by atoms with van der Waals surface area (Å²) in [5, 5.41) is 23.4. The first-order chi connectivity index (χ1) is 32.1. The molecule has 4 aromatic heterocycles. The van der Waals surface area contributed by atoms with Crippen LogP contribution in [0.1, 0.15) is 92.9 Å². The minimum Gasteiger partial charge on any atom is -0.444 e. The predicted octanol–water partition coefficient (Wildman–Crippen LogP) is 6.22. The van der Waals surface area contributed by atoms with Crippen LogP contribution in [-0.2, 0) is 4.74 Å². The second-order valence-electron chi connectivity index (χ2n) is 17.1. The van der Waals surface area contributed by atoms with Crippen LogP contribution in [0.15, 0.2) is 85.7 Å². The van der Waals surface area contributed by atoms with Crippen molar-refractivity contribution in [3.8, 4) is 11.4 Å². The molecule has 0 bridgehead atoms. The van der Waals surface area contributed by atoms with E-state index in [1.807, 2.05) is 20.8 Å². The highest BCUT2D eigenvalue weighted by Crippen LogP contribution is 2.28. The largest absolute Gasteiger partial charge is 0.444 e. The molecule has 0 aliphatic heterocycles. The maximum Gasteiger partial charge on any atom is 0.407 e. The Morgan fingerprint density at radius 1 is 0.687 bits per heavy atom. The summed E-state index contributed by atoms with van der Waals surface area (Å²) >= 11 is 0. The van der Waals surface area contributed by atoms with Gasteiger partial charge in [0, 0.05) is 66.7 Å². The molecule has 8 rings (SSSR count). The van der Waals surface area contributed by atoms with Crippen molar-refractivity contribution in [1.82, 2.24) is 44.8 Å². The molecule has 67 heavy (non-hydrogen) atoms. The number of primary amides is 2. The summed E-state index contributed by atoms with van der Waals surface area (Å²) in [6.07, 6.45) is 16.1. The fourth-order valence-electron chi connectivity index (χ4n) is 7.70. The monoisotopic (exact) mass is 920 g/mol. The van der Waals surface area contributed by atoms with E-state index in [4.69, 9.17) is 21.9 Å². The predicted molar refractivity (Wildman–Crippen MR) is 248 cm³/mol. The van der Waals surface area contributed by atoms with E-state index in [0.717, 1.165) is 51.4 Å². The lowest BCUT2D eigenvalue weighted by Crippen LogP contribution is -2.50. The third-order valence-corrected chi connectivity index (χ3v) is 10.9. The number of benzene rings is 2. The van der Waals surface area contributed by atoms with Crippen LogP contribution in [0.2, 0.25) is 0 Å². The minimum atomic E-state index is -0.732. The van der Waals surface area contributed by atoms with E-state index in [0.29, 0.717) is 23.0 Å². The molecule has 2 aliphatic carbocycles. The molecule has 2 aliphatic rings. The summed E-state index contributed by atoms with van der Waals surface area (Å²) < 4.78 is 37.5. The Labute approximate surface area is 384 Å². The van der Waals surface area contributed by atoms with Gasteiger partial charge in [0.1, 0.15) is 39.7 Å². The maximum absolute atomic E-state index is 14.7. The number of nitrogens with one attached hydrogen (secondary N) is 5. The molecule has 20 nitrogen and oxygen atoms in total. The molecular weight excluding hydrogens is 867 g/mol. The zero-order valence-electron chi connectivity index (χ0n) is 37.2. The lowest BCUT2D eigenvalue weighted by molar-refractivity contribution is 0.0488. The van der Waals surface area contributed by atoms with Gasteiger partial charge in [0.05, 0.1) is 6.04 Å². The molecule has 0 saturated heterocycles. The second-order valence-corrected chi connectivity index (χ2v) is 17.1. The Morgan fingerprint density at radius 2 is 1.15 bits per heavy atom. The molecule has 352 valence electrons. The number of rotatable bonds is 13. The molecule has 4 heterocycles. The molecule has 22 heteroatoms. The number of anilines is 6. The second kappa shape index (κ2) is 21.0. The van der Waals surface area contributed by atoms with Gasteiger partial charge in [-0.1, -0.05) is 25.7 Å². The van der Waals surface area contributed by atoms with Gasteiger partial charge in [-0.15, -0.1) is 0 Å². The molecule has 0 spiro atoms. The maximum atomic E-state index is 14.7. The number of hydrogen-bond donors (Lipinski definition) is 8. The number of alkyl carbamates (subject to hydrolysis) is 1. The fourth-order valence-corrected chi connectivity index (χ4v) is 7.70. The van der Waals surface area contributed by atoms with Crippen LogP contribution in [0.4, 0.5) is 48.5 Å². The number of nitrogens with two attached hydrogens (primary N) is 3. The van der Waals surface area contributed by atoms with Crippen LogP contribution >= 0.6 is 0 Å². The highest BCUT2D eigenvalue weighted by atomic mass is 19.1. The molecule has 0 radical (unpaired) electrons. The molecule has 4 atom stereocenters. The molecule has 0 unspecified atom stereocenters. The molecular formula is C45H54F2N16O4. The molecule has 2 aromatic carbocycles. The quantitative estimate of drug-likeness (QED) is 0.0638. The number of amides is 3. The molecule has 6 aromatic rings. The molecule has 11 N–H and O–H groups in total. The number of nitrogens with zero attached hydrogens (tertiary/aromatic N) is 8. The summed E-state index contributed by atoms with van der Waals surface area (Å²) in [7, 11) is 0. The summed E-state index contributed by atoms with van der Waals surface area (Å²) in [5.41, 5.74) is 18.1. The van der Waals surface area contributed by atoms with E-state index in [2.05, 4.69) is 56.7 Å². The number of carbonyl (C=O) groups is 3. The number of ether oxygens (including phenoxy) is 1. The van der Waals surface area contributed by atoms with Crippen molar-refractivity contribution in [3.05, 3.63) is 108 Å². The van der Waals surface area contributed by atoms with Gasteiger partial charge in [0.2, 0.25) is 11.9 Å². The smallest absolute Gasteiger partial charge is 0.407 e. The van der Waals surface area contributed by atoms with E-state index in [-0.39, 0.29) is 58.6 Å². The first-order valence-electron chi connectivity index (χ1n) is 21.8. The van der Waals surface area contributed by atoms with Gasteiger partial charge in [-0.25, -0.2) is 32.9 Å². The van der Waals surface area contributed by atoms with Crippen molar-refractivity contribution in [3.63, 3.8) is 0 Å². The van der Waals surface area contributed by atoms with Gasteiger partial charge in [-0.05, 0) is 95.0 Å². The third kappa shape index (κ3) is 12.5. The van der Waals surface area contributed by atoms with Crippen molar-refractivity contribution >= 4 is 52.8 Å². The van der Waals surface area contributed by atoms with Crippen LogP contribution in [0.3, 0.4) is 0 Å². The van der Waals surface area contributed by atoms with E-state index in [1.54, 1.807) is 61.2 Å². The van der Waals surface area contributed by atoms with E-state index >= 15 is 0 Å². The minimum absolute atomic E-state index is 0.0125. The highest BCUT2D eigenvalue weighted by molar-refractivity contribution is 5.98.